The molecule has 6 rings (SSSR count). The Bertz CT molecular complexity index is 1160. The van der Waals surface area contributed by atoms with Crippen molar-refractivity contribution < 1.29 is 34.7 Å². The Morgan fingerprint density at radius 3 is 2.14 bits per heavy atom. The smallest absolute Gasteiger partial charge is 0.313 e. The van der Waals surface area contributed by atoms with E-state index in [-0.39, 0.29) is 33.2 Å². The lowest BCUT2D eigenvalue weighted by atomic mass is 9.32. The summed E-state index contributed by atoms with van der Waals surface area (Å²) in [7, 11) is 0. The second-order valence-corrected chi connectivity index (χ2v) is 17.8. The largest absolute Gasteiger partial charge is 0.481 e. The van der Waals surface area contributed by atoms with E-state index in [1.165, 1.54) is 5.57 Å². The highest BCUT2D eigenvalue weighted by Crippen LogP contribution is 2.76. The number of aliphatic hydroxyl groups excluding tert-OH is 3. The second-order valence-electron chi connectivity index (χ2n) is 17.8. The van der Waals surface area contributed by atoms with Gasteiger partial charge in [-0.1, -0.05) is 60.1 Å². The van der Waals surface area contributed by atoms with Crippen LogP contribution in [0.2, 0.25) is 0 Å². The minimum atomic E-state index is -1.29. The van der Waals surface area contributed by atoms with Crippen molar-refractivity contribution in [2.24, 2.45) is 50.2 Å². The molecule has 0 aromatic carbocycles. The van der Waals surface area contributed by atoms with Crippen molar-refractivity contribution in [3.05, 3.63) is 11.6 Å². The Kier molecular flexibility index (Phi) is 7.44. The molecule has 4 N–H and O–H groups in total. The molecule has 0 amide bonds. The molecule has 0 bridgehead atoms. The third-order valence-corrected chi connectivity index (χ3v) is 15.1. The molecule has 7 nitrogen and oxygen atoms in total. The number of carboxylic acids is 1. The molecule has 6 aliphatic rings. The average molecular weight is 603 g/mol. The summed E-state index contributed by atoms with van der Waals surface area (Å²) >= 11 is 0. The molecule has 0 radical (unpaired) electrons. The maximum absolute atomic E-state index is 12.9. The van der Waals surface area contributed by atoms with Crippen LogP contribution in [0.4, 0.5) is 0 Å². The standard InChI is InChI=1S/C36H58O7/c1-20-26(37)27(38)28(39)29(42-20)43-25-12-13-33(6)23(32(25,4)5)11-14-35(8)24(33)10-9-21-22-19-31(2,3)15-17-36(22,30(40)41)18-16-34(21,35)7/h19-21,23-29,37-39H,9-18H2,1-8H3,(H,40,41)/t20-,21+,23-,24+,25-,26-,27+,28+,29-,33-,34+,35+,36-/m0/s1. The summed E-state index contributed by atoms with van der Waals surface area (Å²) in [4.78, 5) is 12.9. The molecule has 0 aromatic rings. The minimum Gasteiger partial charge on any atom is -0.481 e. The number of carboxylic acid groups (broad SMARTS) is 1. The van der Waals surface area contributed by atoms with Crippen LogP contribution in [0.25, 0.3) is 0 Å². The Balaban J connectivity index is 1.28. The monoisotopic (exact) mass is 602 g/mol. The number of aliphatic hydroxyl groups is 3. The van der Waals surface area contributed by atoms with Gasteiger partial charge in [0.05, 0.1) is 17.6 Å². The molecule has 43 heavy (non-hydrogen) atoms. The highest BCUT2D eigenvalue weighted by molar-refractivity contribution is 5.80. The van der Waals surface area contributed by atoms with Crippen LogP contribution in [0.1, 0.15) is 120 Å². The lowest BCUT2D eigenvalue weighted by Crippen LogP contribution is -2.67. The van der Waals surface area contributed by atoms with Gasteiger partial charge in [0.25, 0.3) is 0 Å². The number of fused-ring (bicyclic) bond motifs is 7. The molecule has 0 spiro atoms. The van der Waals surface area contributed by atoms with Crippen LogP contribution in [0.3, 0.4) is 0 Å². The molecule has 1 saturated heterocycles. The van der Waals surface area contributed by atoms with Crippen LogP contribution in [-0.4, -0.2) is 63.2 Å². The van der Waals surface area contributed by atoms with Gasteiger partial charge in [-0.2, -0.15) is 0 Å². The lowest BCUT2D eigenvalue weighted by Gasteiger charge is -2.72. The van der Waals surface area contributed by atoms with E-state index in [2.05, 4.69) is 54.5 Å². The van der Waals surface area contributed by atoms with Gasteiger partial charge >= 0.3 is 5.97 Å². The van der Waals surface area contributed by atoms with Gasteiger partial charge in [0.15, 0.2) is 6.29 Å². The Morgan fingerprint density at radius 1 is 0.791 bits per heavy atom. The zero-order chi connectivity index (χ0) is 31.5. The molecule has 1 aliphatic heterocycles. The van der Waals surface area contributed by atoms with Crippen molar-refractivity contribution in [3.8, 4) is 0 Å². The number of ether oxygens (including phenoxy) is 2. The summed E-state index contributed by atoms with van der Waals surface area (Å²) in [5, 5.41) is 41.9. The number of rotatable bonds is 3. The maximum Gasteiger partial charge on any atom is 0.313 e. The zero-order valence-corrected chi connectivity index (χ0v) is 27.9. The van der Waals surface area contributed by atoms with E-state index in [0.717, 1.165) is 64.2 Å². The molecule has 1 heterocycles. The van der Waals surface area contributed by atoms with E-state index in [1.54, 1.807) is 6.92 Å². The molecule has 7 heteroatoms. The third kappa shape index (κ3) is 4.33. The first kappa shape index (κ1) is 32.0. The van der Waals surface area contributed by atoms with Gasteiger partial charge < -0.3 is 29.9 Å². The van der Waals surface area contributed by atoms with Gasteiger partial charge in [-0.15, -0.1) is 0 Å². The first-order valence-corrected chi connectivity index (χ1v) is 17.2. The Hall–Kier alpha value is -0.990. The molecule has 0 aromatic heterocycles. The number of aliphatic carboxylic acids is 1. The predicted molar refractivity (Wildman–Crippen MR) is 164 cm³/mol. The topological polar surface area (TPSA) is 116 Å². The Labute approximate surface area is 258 Å². The van der Waals surface area contributed by atoms with E-state index in [0.29, 0.717) is 17.8 Å². The molecule has 13 atom stereocenters. The van der Waals surface area contributed by atoms with Gasteiger partial charge in [-0.25, -0.2) is 0 Å². The fourth-order valence-electron chi connectivity index (χ4n) is 12.2. The van der Waals surface area contributed by atoms with Crippen molar-refractivity contribution in [3.63, 3.8) is 0 Å². The van der Waals surface area contributed by atoms with E-state index in [1.807, 2.05) is 0 Å². The van der Waals surface area contributed by atoms with Crippen molar-refractivity contribution >= 4 is 5.97 Å². The SMILES string of the molecule is C[C@@H]1O[C@@H](O[C@H]2CC[C@]3(C)[C@H]4CC[C@@H]5C6=CC(C)(C)CC[C@]6(C(=O)O)CC[C@@]5(C)[C@]4(C)CC[C@H]3C2(C)C)[C@H](O)[C@H](O)[C@H]1O. The zero-order valence-electron chi connectivity index (χ0n) is 27.9. The van der Waals surface area contributed by atoms with Gasteiger partial charge in [0.1, 0.15) is 18.3 Å². The van der Waals surface area contributed by atoms with E-state index >= 15 is 0 Å². The van der Waals surface area contributed by atoms with Crippen molar-refractivity contribution in [2.45, 2.75) is 156 Å². The summed E-state index contributed by atoms with van der Waals surface area (Å²) in [6.07, 6.45) is 6.70. The van der Waals surface area contributed by atoms with Crippen LogP contribution in [0.5, 0.6) is 0 Å². The molecular weight excluding hydrogens is 544 g/mol. The summed E-state index contributed by atoms with van der Waals surface area (Å²) in [5.74, 6) is 0.686. The molecule has 4 saturated carbocycles. The van der Waals surface area contributed by atoms with Crippen LogP contribution in [0, 0.1) is 50.2 Å². The van der Waals surface area contributed by atoms with Crippen molar-refractivity contribution in [1.29, 1.82) is 0 Å². The van der Waals surface area contributed by atoms with Gasteiger partial charge in [-0.05, 0) is 116 Å². The first-order chi connectivity index (χ1) is 19.8. The van der Waals surface area contributed by atoms with Crippen LogP contribution >= 0.6 is 0 Å². The average Bonchev–Trinajstić information content (AvgIpc) is 2.91. The molecule has 5 fully saturated rings. The minimum absolute atomic E-state index is 0.0396. The fourth-order valence-corrected chi connectivity index (χ4v) is 12.2. The second kappa shape index (κ2) is 10.0. The fraction of sp³-hybridized carbons (Fsp3) is 0.917. The van der Waals surface area contributed by atoms with Crippen molar-refractivity contribution in [1.82, 2.24) is 0 Å². The number of hydrogen-bond acceptors (Lipinski definition) is 6. The molecular formula is C36H58O7. The van der Waals surface area contributed by atoms with Crippen LogP contribution in [0.15, 0.2) is 11.6 Å². The lowest BCUT2D eigenvalue weighted by molar-refractivity contribution is -0.325. The summed E-state index contributed by atoms with van der Waals surface area (Å²) in [6, 6.07) is 0. The highest BCUT2D eigenvalue weighted by atomic mass is 16.7. The van der Waals surface area contributed by atoms with Crippen LogP contribution in [-0.2, 0) is 14.3 Å². The predicted octanol–water partition coefficient (Wildman–Crippen LogP) is 6.09. The Morgan fingerprint density at radius 2 is 1.47 bits per heavy atom. The third-order valence-electron chi connectivity index (χ3n) is 15.1. The van der Waals surface area contributed by atoms with Gasteiger partial charge in [-0.3, -0.25) is 4.79 Å². The molecule has 0 unspecified atom stereocenters. The number of carbonyl (C=O) groups is 1. The van der Waals surface area contributed by atoms with Crippen LogP contribution < -0.4 is 0 Å². The summed E-state index contributed by atoms with van der Waals surface area (Å²) in [5.41, 5.74) is 0.748. The van der Waals surface area contributed by atoms with E-state index in [9.17, 15) is 25.2 Å². The maximum atomic E-state index is 12.9. The molecule has 5 aliphatic carbocycles. The van der Waals surface area contributed by atoms with Gasteiger partial charge in [0.2, 0.25) is 0 Å². The first-order valence-electron chi connectivity index (χ1n) is 17.2. The summed E-state index contributed by atoms with van der Waals surface area (Å²) < 4.78 is 12.4. The quantitative estimate of drug-likeness (QED) is 0.228. The normalized spacial score (nSPS) is 53.8. The van der Waals surface area contributed by atoms with Crippen molar-refractivity contribution in [2.75, 3.05) is 0 Å². The van der Waals surface area contributed by atoms with E-state index in [4.69, 9.17) is 9.47 Å². The summed E-state index contributed by atoms with van der Waals surface area (Å²) in [6.45, 7) is 18.5. The van der Waals surface area contributed by atoms with E-state index < -0.39 is 42.1 Å². The number of hydrogen-bond donors (Lipinski definition) is 4. The highest BCUT2D eigenvalue weighted by Gasteiger charge is 2.70. The molecule has 244 valence electrons. The number of allylic oxidation sites excluding steroid dienone is 1. The van der Waals surface area contributed by atoms with Gasteiger partial charge in [0, 0.05) is 0 Å².